The molecule has 1 aliphatic rings. The van der Waals surface area contributed by atoms with Crippen molar-refractivity contribution >= 4 is 10.0 Å². The van der Waals surface area contributed by atoms with Crippen LogP contribution in [0.25, 0.3) is 0 Å². The van der Waals surface area contributed by atoms with Gasteiger partial charge in [-0.3, -0.25) is 0 Å². The van der Waals surface area contributed by atoms with Crippen molar-refractivity contribution in [2.24, 2.45) is 5.41 Å². The van der Waals surface area contributed by atoms with Gasteiger partial charge < -0.3 is 5.32 Å². The van der Waals surface area contributed by atoms with Crippen LogP contribution in [-0.2, 0) is 10.0 Å². The first kappa shape index (κ1) is 13.9. The van der Waals surface area contributed by atoms with Gasteiger partial charge in [-0.25, -0.2) is 12.7 Å². The highest BCUT2D eigenvalue weighted by Crippen LogP contribution is 2.22. The summed E-state index contributed by atoms with van der Waals surface area (Å²) in [4.78, 5) is 0. The molecule has 1 unspecified atom stereocenters. The third-order valence-electron chi connectivity index (χ3n) is 3.06. The lowest BCUT2D eigenvalue weighted by atomic mass is 9.94. The standard InChI is InChI=1S/C11H24N2O2S/c1-11(2,3)6-8-16(14,15)13-7-5-10(9-13)12-4/h10,12H,5-9H2,1-4H3. The van der Waals surface area contributed by atoms with E-state index in [1.807, 2.05) is 7.05 Å². The van der Waals surface area contributed by atoms with Crippen molar-refractivity contribution < 1.29 is 8.42 Å². The molecule has 0 saturated carbocycles. The van der Waals surface area contributed by atoms with Crippen LogP contribution in [0.2, 0.25) is 0 Å². The Balaban J connectivity index is 2.52. The van der Waals surface area contributed by atoms with Crippen LogP contribution in [0.15, 0.2) is 0 Å². The molecule has 0 radical (unpaired) electrons. The van der Waals surface area contributed by atoms with Crippen molar-refractivity contribution in [3.05, 3.63) is 0 Å². The van der Waals surface area contributed by atoms with E-state index in [0.717, 1.165) is 12.8 Å². The average Bonchev–Trinajstić information content (AvgIpc) is 2.62. The third kappa shape index (κ3) is 4.03. The Labute approximate surface area is 99.5 Å². The van der Waals surface area contributed by atoms with E-state index in [4.69, 9.17) is 0 Å². The van der Waals surface area contributed by atoms with Crippen LogP contribution in [0.3, 0.4) is 0 Å². The second-order valence-corrected chi connectivity index (χ2v) is 7.85. The summed E-state index contributed by atoms with van der Waals surface area (Å²) in [5.41, 5.74) is 0.0786. The minimum absolute atomic E-state index is 0.0786. The first-order chi connectivity index (χ1) is 7.24. The van der Waals surface area contributed by atoms with Crippen molar-refractivity contribution in [2.75, 3.05) is 25.9 Å². The van der Waals surface area contributed by atoms with Gasteiger partial charge in [0.25, 0.3) is 0 Å². The largest absolute Gasteiger partial charge is 0.316 e. The van der Waals surface area contributed by atoms with Gasteiger partial charge in [-0.05, 0) is 25.3 Å². The molecule has 0 bridgehead atoms. The summed E-state index contributed by atoms with van der Waals surface area (Å²) in [6.45, 7) is 7.51. The van der Waals surface area contributed by atoms with Crippen LogP contribution in [-0.4, -0.2) is 44.7 Å². The van der Waals surface area contributed by atoms with E-state index in [1.165, 1.54) is 0 Å². The van der Waals surface area contributed by atoms with E-state index >= 15 is 0 Å². The quantitative estimate of drug-likeness (QED) is 0.809. The summed E-state index contributed by atoms with van der Waals surface area (Å²) >= 11 is 0. The Bertz CT molecular complexity index is 319. The fourth-order valence-corrected chi connectivity index (χ4v) is 3.70. The number of likely N-dealkylation sites (N-methyl/N-ethyl adjacent to an activating group) is 1. The van der Waals surface area contributed by atoms with Crippen LogP contribution in [0.4, 0.5) is 0 Å². The molecule has 0 amide bonds. The Morgan fingerprint density at radius 2 is 2.00 bits per heavy atom. The number of rotatable bonds is 4. The van der Waals surface area contributed by atoms with Crippen molar-refractivity contribution in [3.63, 3.8) is 0 Å². The maximum absolute atomic E-state index is 12.0. The summed E-state index contributed by atoms with van der Waals surface area (Å²) in [7, 11) is -1.16. The third-order valence-corrected chi connectivity index (χ3v) is 4.90. The Hall–Kier alpha value is -0.130. The van der Waals surface area contributed by atoms with Crippen molar-refractivity contribution in [2.45, 2.75) is 39.7 Å². The van der Waals surface area contributed by atoms with E-state index in [2.05, 4.69) is 26.1 Å². The molecule has 1 fully saturated rings. The number of nitrogens with one attached hydrogen (secondary N) is 1. The van der Waals surface area contributed by atoms with Gasteiger partial charge >= 0.3 is 0 Å². The second kappa shape index (κ2) is 5.02. The zero-order chi connectivity index (χ0) is 12.4. The first-order valence-electron chi connectivity index (χ1n) is 5.90. The van der Waals surface area contributed by atoms with E-state index in [0.29, 0.717) is 19.1 Å². The number of nitrogens with zero attached hydrogens (tertiary/aromatic N) is 1. The van der Waals surface area contributed by atoms with Crippen molar-refractivity contribution in [1.29, 1.82) is 0 Å². The van der Waals surface area contributed by atoms with Gasteiger partial charge in [0.05, 0.1) is 5.75 Å². The molecule has 0 aliphatic carbocycles. The van der Waals surface area contributed by atoms with Gasteiger partial charge in [0.15, 0.2) is 0 Å². The van der Waals surface area contributed by atoms with Crippen LogP contribution in [0, 0.1) is 5.41 Å². The molecule has 5 heteroatoms. The van der Waals surface area contributed by atoms with Crippen LogP contribution in [0.1, 0.15) is 33.6 Å². The van der Waals surface area contributed by atoms with Crippen molar-refractivity contribution in [1.82, 2.24) is 9.62 Å². The smallest absolute Gasteiger partial charge is 0.214 e. The van der Waals surface area contributed by atoms with Gasteiger partial charge in [0.1, 0.15) is 0 Å². The zero-order valence-electron chi connectivity index (χ0n) is 10.8. The molecule has 0 aromatic rings. The molecule has 96 valence electrons. The SMILES string of the molecule is CNC1CCN(S(=O)(=O)CCC(C)(C)C)C1. The molecular weight excluding hydrogens is 224 g/mol. The maximum atomic E-state index is 12.0. The predicted octanol–water partition coefficient (Wildman–Crippen LogP) is 1.05. The van der Waals surface area contributed by atoms with E-state index in [-0.39, 0.29) is 11.2 Å². The van der Waals surface area contributed by atoms with Crippen LogP contribution < -0.4 is 5.32 Å². The highest BCUT2D eigenvalue weighted by molar-refractivity contribution is 7.89. The fourth-order valence-electron chi connectivity index (χ4n) is 1.78. The Morgan fingerprint density at radius 3 is 2.44 bits per heavy atom. The predicted molar refractivity (Wildman–Crippen MR) is 66.9 cm³/mol. The van der Waals surface area contributed by atoms with E-state index in [9.17, 15) is 8.42 Å². The van der Waals surface area contributed by atoms with Gasteiger partial charge in [-0.15, -0.1) is 0 Å². The van der Waals surface area contributed by atoms with Gasteiger partial charge in [0.2, 0.25) is 10.0 Å². The summed E-state index contributed by atoms with van der Waals surface area (Å²) in [6, 6.07) is 0.324. The molecule has 1 heterocycles. The minimum Gasteiger partial charge on any atom is -0.316 e. The highest BCUT2D eigenvalue weighted by atomic mass is 32.2. The Kier molecular flexibility index (Phi) is 4.37. The second-order valence-electron chi connectivity index (χ2n) is 5.76. The van der Waals surface area contributed by atoms with Gasteiger partial charge in [0, 0.05) is 19.1 Å². The van der Waals surface area contributed by atoms with Crippen LogP contribution in [0.5, 0.6) is 0 Å². The minimum atomic E-state index is -3.04. The van der Waals surface area contributed by atoms with E-state index < -0.39 is 10.0 Å². The molecule has 4 nitrogen and oxygen atoms in total. The Morgan fingerprint density at radius 1 is 1.38 bits per heavy atom. The zero-order valence-corrected chi connectivity index (χ0v) is 11.6. The normalized spacial score (nSPS) is 23.9. The lowest BCUT2D eigenvalue weighted by Crippen LogP contribution is -2.35. The lowest BCUT2D eigenvalue weighted by Gasteiger charge is -2.21. The number of hydrogen-bond donors (Lipinski definition) is 1. The molecule has 0 aromatic heterocycles. The molecule has 1 rings (SSSR count). The molecular formula is C11H24N2O2S. The highest BCUT2D eigenvalue weighted by Gasteiger charge is 2.31. The summed E-state index contributed by atoms with van der Waals surface area (Å²) in [5, 5.41) is 3.13. The summed E-state index contributed by atoms with van der Waals surface area (Å²) < 4.78 is 25.7. The number of hydrogen-bond acceptors (Lipinski definition) is 3. The fraction of sp³-hybridized carbons (Fsp3) is 1.00. The van der Waals surface area contributed by atoms with Crippen molar-refractivity contribution in [3.8, 4) is 0 Å². The van der Waals surface area contributed by atoms with Crippen LogP contribution >= 0.6 is 0 Å². The molecule has 16 heavy (non-hydrogen) atoms. The monoisotopic (exact) mass is 248 g/mol. The molecule has 1 aliphatic heterocycles. The topological polar surface area (TPSA) is 49.4 Å². The average molecular weight is 248 g/mol. The van der Waals surface area contributed by atoms with Gasteiger partial charge in [-0.2, -0.15) is 0 Å². The summed E-state index contributed by atoms with van der Waals surface area (Å²) in [5.74, 6) is 0.271. The first-order valence-corrected chi connectivity index (χ1v) is 7.50. The van der Waals surface area contributed by atoms with Gasteiger partial charge in [-0.1, -0.05) is 20.8 Å². The molecule has 0 aromatic carbocycles. The molecule has 1 N–H and O–H groups in total. The molecule has 1 atom stereocenters. The lowest BCUT2D eigenvalue weighted by molar-refractivity contribution is 0.388. The molecule has 1 saturated heterocycles. The number of sulfonamides is 1. The molecule has 0 spiro atoms. The summed E-state index contributed by atoms with van der Waals surface area (Å²) in [6.07, 6.45) is 1.64. The van der Waals surface area contributed by atoms with E-state index in [1.54, 1.807) is 4.31 Å². The maximum Gasteiger partial charge on any atom is 0.214 e.